The van der Waals surface area contributed by atoms with Crippen molar-refractivity contribution in [1.29, 1.82) is 5.26 Å². The van der Waals surface area contributed by atoms with Crippen molar-refractivity contribution in [2.24, 2.45) is 0 Å². The van der Waals surface area contributed by atoms with Gasteiger partial charge in [0.05, 0.1) is 11.6 Å². The highest BCUT2D eigenvalue weighted by Gasteiger charge is 2.09. The largest absolute Gasteiger partial charge is 0.320 e. The van der Waals surface area contributed by atoms with E-state index < -0.39 is 5.37 Å². The Morgan fingerprint density at radius 3 is 2.43 bits per heavy atom. The Balaban J connectivity index is 2.96. The minimum absolute atomic E-state index is 0.508. The number of anilines is 1. The van der Waals surface area contributed by atoms with Crippen LogP contribution in [-0.4, -0.2) is 11.9 Å². The highest BCUT2D eigenvalue weighted by molar-refractivity contribution is 6.66. The van der Waals surface area contributed by atoms with Gasteiger partial charge in [0.2, 0.25) is 0 Å². The molecule has 1 amide bonds. The third-order valence-electron chi connectivity index (χ3n) is 1.84. The molecule has 0 saturated heterocycles. The van der Waals surface area contributed by atoms with Crippen LogP contribution in [0.15, 0.2) is 24.3 Å². The summed E-state index contributed by atoms with van der Waals surface area (Å²) in [6, 6.07) is 8.70. The van der Waals surface area contributed by atoms with E-state index in [0.29, 0.717) is 17.8 Å². The molecule has 0 aliphatic rings. The van der Waals surface area contributed by atoms with Crippen molar-refractivity contribution < 1.29 is 4.79 Å². The van der Waals surface area contributed by atoms with E-state index in [0.717, 1.165) is 0 Å². The molecule has 0 N–H and O–H groups in total. The lowest BCUT2D eigenvalue weighted by Gasteiger charge is -2.16. The second kappa shape index (κ2) is 4.64. The van der Waals surface area contributed by atoms with Crippen molar-refractivity contribution in [2.45, 2.75) is 6.92 Å². The first-order valence-corrected chi connectivity index (χ1v) is 4.54. The zero-order valence-electron chi connectivity index (χ0n) is 7.70. The molecular weight excluding hydrogens is 200 g/mol. The van der Waals surface area contributed by atoms with Gasteiger partial charge in [0.25, 0.3) is 0 Å². The normalized spacial score (nSPS) is 9.21. The molecule has 0 fully saturated rings. The van der Waals surface area contributed by atoms with Crippen LogP contribution in [0.4, 0.5) is 10.5 Å². The molecule has 14 heavy (non-hydrogen) atoms. The molecule has 4 heteroatoms. The van der Waals surface area contributed by atoms with E-state index in [1.807, 2.05) is 13.0 Å². The lowest BCUT2D eigenvalue weighted by atomic mass is 10.2. The van der Waals surface area contributed by atoms with Crippen molar-refractivity contribution in [3.8, 4) is 6.07 Å². The molecule has 0 aliphatic heterocycles. The number of carbonyl (C=O) groups excluding carboxylic acids is 1. The number of hydrogen-bond acceptors (Lipinski definition) is 2. The fourth-order valence-electron chi connectivity index (χ4n) is 1.12. The number of halogens is 1. The highest BCUT2D eigenvalue weighted by atomic mass is 35.5. The number of rotatable bonds is 2. The average molecular weight is 209 g/mol. The standard InChI is InChI=1S/C10H9ClN2O/c1-2-13(10(11)14)9-5-3-8(7-12)4-6-9/h3-6H,2H2,1H3. The highest BCUT2D eigenvalue weighted by Crippen LogP contribution is 2.16. The molecular formula is C10H9ClN2O. The van der Waals surface area contributed by atoms with Gasteiger partial charge >= 0.3 is 5.37 Å². The summed E-state index contributed by atoms with van der Waals surface area (Å²) in [5.74, 6) is 0. The predicted octanol–water partition coefficient (Wildman–Crippen LogP) is 2.74. The fourth-order valence-corrected chi connectivity index (χ4v) is 1.34. The minimum atomic E-state index is -0.516. The molecule has 1 rings (SSSR count). The zero-order chi connectivity index (χ0) is 10.6. The SMILES string of the molecule is CCN(C(=O)Cl)c1ccc(C#N)cc1. The van der Waals surface area contributed by atoms with Gasteiger partial charge in [-0.2, -0.15) is 5.26 Å². The monoisotopic (exact) mass is 208 g/mol. The summed E-state index contributed by atoms with van der Waals surface area (Å²) in [4.78, 5) is 12.4. The first kappa shape index (κ1) is 10.6. The summed E-state index contributed by atoms with van der Waals surface area (Å²) in [6.07, 6.45) is 0. The van der Waals surface area contributed by atoms with Crippen LogP contribution in [0.2, 0.25) is 0 Å². The van der Waals surface area contributed by atoms with Crippen molar-refractivity contribution in [3.05, 3.63) is 29.8 Å². The Hall–Kier alpha value is -1.53. The number of nitriles is 1. The summed E-state index contributed by atoms with van der Waals surface area (Å²) >= 11 is 5.37. The molecule has 0 heterocycles. The van der Waals surface area contributed by atoms with Crippen molar-refractivity contribution in [2.75, 3.05) is 11.4 Å². The lowest BCUT2D eigenvalue weighted by molar-refractivity contribution is 0.264. The van der Waals surface area contributed by atoms with Gasteiger partial charge in [-0.1, -0.05) is 0 Å². The van der Waals surface area contributed by atoms with Crippen LogP contribution in [0.1, 0.15) is 12.5 Å². The molecule has 72 valence electrons. The average Bonchev–Trinajstić information content (AvgIpc) is 2.19. The summed E-state index contributed by atoms with van der Waals surface area (Å²) < 4.78 is 0. The minimum Gasteiger partial charge on any atom is -0.299 e. The van der Waals surface area contributed by atoms with E-state index in [1.54, 1.807) is 24.3 Å². The third kappa shape index (κ3) is 2.24. The summed E-state index contributed by atoms with van der Waals surface area (Å²) in [7, 11) is 0. The van der Waals surface area contributed by atoms with Gasteiger partial charge < -0.3 is 0 Å². The maximum absolute atomic E-state index is 11.0. The lowest BCUT2D eigenvalue weighted by Crippen LogP contribution is -2.24. The Morgan fingerprint density at radius 1 is 1.50 bits per heavy atom. The quantitative estimate of drug-likeness (QED) is 0.554. The van der Waals surface area contributed by atoms with Crippen LogP contribution in [-0.2, 0) is 0 Å². The van der Waals surface area contributed by atoms with Gasteiger partial charge in [-0.25, -0.2) is 0 Å². The van der Waals surface area contributed by atoms with Crippen molar-refractivity contribution in [1.82, 2.24) is 0 Å². The van der Waals surface area contributed by atoms with Crippen LogP contribution in [0.25, 0.3) is 0 Å². The van der Waals surface area contributed by atoms with E-state index in [-0.39, 0.29) is 0 Å². The number of hydrogen-bond donors (Lipinski definition) is 0. The van der Waals surface area contributed by atoms with Gasteiger partial charge in [0, 0.05) is 12.2 Å². The maximum atomic E-state index is 11.0. The van der Waals surface area contributed by atoms with Gasteiger partial charge in [-0.05, 0) is 42.8 Å². The van der Waals surface area contributed by atoms with E-state index in [9.17, 15) is 4.79 Å². The maximum Gasteiger partial charge on any atom is 0.320 e. The molecule has 0 spiro atoms. The molecule has 0 aliphatic carbocycles. The smallest absolute Gasteiger partial charge is 0.299 e. The Bertz CT molecular complexity index is 367. The number of nitrogens with zero attached hydrogens (tertiary/aromatic N) is 2. The van der Waals surface area contributed by atoms with E-state index >= 15 is 0 Å². The summed E-state index contributed by atoms with van der Waals surface area (Å²) in [5, 5.41) is 8.06. The number of carbonyl (C=O) groups is 1. The molecule has 1 aromatic rings. The van der Waals surface area contributed by atoms with E-state index in [2.05, 4.69) is 0 Å². The zero-order valence-corrected chi connectivity index (χ0v) is 8.45. The number of amides is 1. The van der Waals surface area contributed by atoms with Crippen LogP contribution in [0, 0.1) is 11.3 Å². The Morgan fingerprint density at radius 2 is 2.07 bits per heavy atom. The third-order valence-corrected chi connectivity index (χ3v) is 2.04. The Labute approximate surface area is 87.5 Å². The topological polar surface area (TPSA) is 44.1 Å². The second-order valence-corrected chi connectivity index (χ2v) is 2.98. The first-order chi connectivity index (χ1) is 6.69. The van der Waals surface area contributed by atoms with Crippen molar-refractivity contribution >= 4 is 22.7 Å². The summed E-state index contributed by atoms with van der Waals surface area (Å²) in [5.41, 5.74) is 1.26. The number of benzene rings is 1. The molecule has 0 aromatic heterocycles. The molecule has 0 radical (unpaired) electrons. The van der Waals surface area contributed by atoms with Crippen LogP contribution in [0.5, 0.6) is 0 Å². The molecule has 3 nitrogen and oxygen atoms in total. The first-order valence-electron chi connectivity index (χ1n) is 4.16. The molecule has 1 aromatic carbocycles. The van der Waals surface area contributed by atoms with Gasteiger partial charge in [-0.15, -0.1) is 0 Å². The van der Waals surface area contributed by atoms with E-state index in [4.69, 9.17) is 16.9 Å². The van der Waals surface area contributed by atoms with Crippen molar-refractivity contribution in [3.63, 3.8) is 0 Å². The summed E-state index contributed by atoms with van der Waals surface area (Å²) in [6.45, 7) is 2.34. The Kier molecular flexibility index (Phi) is 3.49. The molecule has 0 saturated carbocycles. The molecule has 0 bridgehead atoms. The van der Waals surface area contributed by atoms with E-state index in [1.165, 1.54) is 4.90 Å². The second-order valence-electron chi connectivity index (χ2n) is 2.66. The predicted molar refractivity (Wildman–Crippen MR) is 55.4 cm³/mol. The molecule has 0 atom stereocenters. The van der Waals surface area contributed by atoms with Crippen LogP contribution < -0.4 is 4.90 Å². The van der Waals surface area contributed by atoms with Crippen LogP contribution >= 0.6 is 11.6 Å². The fraction of sp³-hybridized carbons (Fsp3) is 0.200. The van der Waals surface area contributed by atoms with Gasteiger partial charge in [0.15, 0.2) is 0 Å². The van der Waals surface area contributed by atoms with Crippen LogP contribution in [0.3, 0.4) is 0 Å². The van der Waals surface area contributed by atoms with Gasteiger partial charge in [-0.3, -0.25) is 9.69 Å². The molecule has 0 unspecified atom stereocenters. The van der Waals surface area contributed by atoms with Gasteiger partial charge in [0.1, 0.15) is 0 Å².